The first kappa shape index (κ1) is 80.8. The van der Waals surface area contributed by atoms with Crippen LogP contribution in [0.1, 0.15) is 124 Å². The van der Waals surface area contributed by atoms with Crippen molar-refractivity contribution in [3.63, 3.8) is 0 Å². The largest absolute Gasteiger partial charge is 0.481 e. The molecule has 4 heterocycles. The summed E-state index contributed by atoms with van der Waals surface area (Å²) in [5.41, 5.74) is 8.52. The van der Waals surface area contributed by atoms with Gasteiger partial charge in [0.05, 0.1) is 31.4 Å². The van der Waals surface area contributed by atoms with Crippen molar-refractivity contribution in [2.24, 2.45) is 29.4 Å². The van der Waals surface area contributed by atoms with E-state index in [9.17, 15) is 82.1 Å². The minimum Gasteiger partial charge on any atom is -0.481 e. The number of hydrogen-bond donors (Lipinski definition) is 18. The monoisotopic (exact) mass is 1430 g/mol. The Morgan fingerprint density at radius 3 is 1.60 bits per heavy atom. The molecule has 0 spiro atoms. The summed E-state index contributed by atoms with van der Waals surface area (Å²) in [6.07, 6.45) is 2.30. The van der Waals surface area contributed by atoms with Gasteiger partial charge in [-0.15, -0.1) is 0 Å². The molecule has 1 aliphatic heterocycles. The van der Waals surface area contributed by atoms with E-state index < -0.39 is 193 Å². The molecule has 11 atom stereocenters. The molecule has 6 rings (SSSR count). The van der Waals surface area contributed by atoms with Crippen LogP contribution in [0.4, 0.5) is 0 Å². The van der Waals surface area contributed by atoms with E-state index in [4.69, 9.17) is 5.73 Å². The average Bonchev–Trinajstić information content (AvgIpc) is 1.72. The molecule has 558 valence electrons. The molecule has 3 aromatic heterocycles. The lowest BCUT2D eigenvalue weighted by Crippen LogP contribution is -2.60. The number of H-pyrrole nitrogens is 3. The maximum absolute atomic E-state index is 14.8. The number of aliphatic carboxylic acids is 2. The standard InChI is InChI=1S/C69H95N17O17/c1-34(2)22-48-62(96)75-32-55(88)78-47(19-20-56(89)90)63(97)83-49(23-35(3)4)68(102)86-58(36(5)6)69(103)85-51(26-40-30-74-45-17-12-10-15-43(40)45)65(99)79-46(59(70)93)18-13-21-72-54(87)28-53(80-60(94)37(7)24-57(91)92)64(98)77-38(8)61(95)81-50(25-39-29-73-44-16-11-9-14-42(39)44)66(100)84-52(67(101)82-48)27-41-31-71-33-76-41/h9-12,14-17,29-31,33-38,46-53,58,73-74H,13,18-28,32H2,1-8H3,(H2,70,93)(H,71,76)(H,72,87)(H,75,96)(H,77,98)(H,78,88)(H,79,99)(H,80,94)(H,81,95)(H,82,101)(H,83,97)(H,84,100)(H,85,103)(H,86,102)(H,89,90)(H,91,92)/t37-,38-,46-,47-,48?,49-,50-,51-,52-,53-,58-/m0/s1. The summed E-state index contributed by atoms with van der Waals surface area (Å²) in [5.74, 6) is -17.6. The van der Waals surface area contributed by atoms with Crippen molar-refractivity contribution in [3.8, 4) is 0 Å². The fourth-order valence-electron chi connectivity index (χ4n) is 11.5. The predicted octanol–water partition coefficient (Wildman–Crippen LogP) is -1.11. The highest BCUT2D eigenvalue weighted by Crippen LogP contribution is 2.22. The summed E-state index contributed by atoms with van der Waals surface area (Å²) in [7, 11) is 0. The third kappa shape index (κ3) is 25.1. The van der Waals surface area contributed by atoms with Gasteiger partial charge in [-0.1, -0.05) is 84.9 Å². The number of carboxylic acid groups (broad SMARTS) is 2. The van der Waals surface area contributed by atoms with Gasteiger partial charge in [0.25, 0.3) is 0 Å². The zero-order valence-corrected chi connectivity index (χ0v) is 58.7. The van der Waals surface area contributed by atoms with Gasteiger partial charge < -0.3 is 94.7 Å². The third-order valence-electron chi connectivity index (χ3n) is 17.1. The van der Waals surface area contributed by atoms with Gasteiger partial charge in [0.1, 0.15) is 60.4 Å². The molecular formula is C69H95N17O17. The first-order valence-electron chi connectivity index (χ1n) is 34.1. The highest BCUT2D eigenvalue weighted by molar-refractivity contribution is 6.00. The maximum Gasteiger partial charge on any atom is 0.304 e. The number of hydrogen-bond acceptors (Lipinski definition) is 16. The molecule has 2 aromatic carbocycles. The van der Waals surface area contributed by atoms with Crippen molar-refractivity contribution in [1.82, 2.24) is 83.7 Å². The van der Waals surface area contributed by atoms with Crippen molar-refractivity contribution in [3.05, 3.63) is 90.3 Å². The van der Waals surface area contributed by atoms with Gasteiger partial charge in [-0.05, 0) is 80.0 Å². The fraction of sp³-hybridized carbons (Fsp3) is 0.507. The summed E-state index contributed by atoms with van der Waals surface area (Å²) < 4.78 is 0. The van der Waals surface area contributed by atoms with Crippen LogP contribution in [0.5, 0.6) is 0 Å². The number of amides is 13. The SMILES string of the molecule is CC(C)CC1NC(=O)[C@H](Cc2c[nH]cn2)NC(=O)[C@H](Cc2c[nH]c3ccccc23)NC(=O)[C@H](C)NC(=O)[C@@H](NC(=O)[C@@H](C)CC(=O)O)CC(=O)NCCC[C@@H](C(N)=O)NC(=O)[C@H](Cc2c[nH]c3ccccc23)NC(=O)[C@H](C(C)C)NC(=O)[C@H](CC(C)C)NC(=O)[C@H](CCC(=O)O)NC(=O)CNC1=O. The van der Waals surface area contributed by atoms with Crippen molar-refractivity contribution in [2.75, 3.05) is 13.1 Å². The van der Waals surface area contributed by atoms with Gasteiger partial charge in [0, 0.05) is 78.5 Å². The second kappa shape index (κ2) is 38.5. The van der Waals surface area contributed by atoms with E-state index in [2.05, 4.69) is 83.7 Å². The Bertz CT molecular complexity index is 3870. The number of carbonyl (C=O) groups is 15. The van der Waals surface area contributed by atoms with Crippen molar-refractivity contribution in [1.29, 1.82) is 0 Å². The summed E-state index contributed by atoms with van der Waals surface area (Å²) in [4.78, 5) is 221. The Kier molecular flexibility index (Phi) is 30.2. The number of aromatic nitrogens is 4. The molecular weight excluding hydrogens is 1340 g/mol. The number of carbonyl (C=O) groups excluding carboxylic acids is 13. The van der Waals surface area contributed by atoms with E-state index >= 15 is 0 Å². The van der Waals surface area contributed by atoms with E-state index in [0.29, 0.717) is 32.9 Å². The molecule has 103 heavy (non-hydrogen) atoms. The summed E-state index contributed by atoms with van der Waals surface area (Å²) in [6, 6.07) is -1.03. The van der Waals surface area contributed by atoms with Crippen LogP contribution in [0.25, 0.3) is 21.8 Å². The lowest BCUT2D eigenvalue weighted by molar-refractivity contribution is -0.141. The van der Waals surface area contributed by atoms with Crippen LogP contribution >= 0.6 is 0 Å². The van der Waals surface area contributed by atoms with Crippen LogP contribution in [0.3, 0.4) is 0 Å². The molecule has 34 nitrogen and oxygen atoms in total. The Labute approximate surface area is 593 Å². The number of imidazole rings is 1. The molecule has 1 aliphatic rings. The number of aromatic amines is 3. The van der Waals surface area contributed by atoms with Crippen LogP contribution in [0.2, 0.25) is 0 Å². The molecule has 1 saturated heterocycles. The number of benzene rings is 2. The predicted molar refractivity (Wildman–Crippen MR) is 372 cm³/mol. The quantitative estimate of drug-likeness (QED) is 0.0466. The second-order valence-corrected chi connectivity index (χ2v) is 26.9. The maximum atomic E-state index is 14.8. The smallest absolute Gasteiger partial charge is 0.304 e. The average molecular weight is 1430 g/mol. The number of fused-ring (bicyclic) bond motifs is 2. The molecule has 34 heteroatoms. The highest BCUT2D eigenvalue weighted by atomic mass is 16.4. The van der Waals surface area contributed by atoms with E-state index in [0.717, 1.165) is 0 Å². The lowest BCUT2D eigenvalue weighted by Gasteiger charge is -2.29. The summed E-state index contributed by atoms with van der Waals surface area (Å²) >= 11 is 0. The minimum atomic E-state index is -1.76. The molecule has 0 aliphatic carbocycles. The summed E-state index contributed by atoms with van der Waals surface area (Å²) in [5, 5.41) is 51.4. The van der Waals surface area contributed by atoms with Crippen LogP contribution in [0, 0.1) is 23.7 Å². The molecule has 1 unspecified atom stereocenters. The molecule has 1 fully saturated rings. The Morgan fingerprint density at radius 2 is 1.07 bits per heavy atom. The van der Waals surface area contributed by atoms with Crippen LogP contribution in [0.15, 0.2) is 73.4 Å². The minimum absolute atomic E-state index is 0.0394. The Hall–Kier alpha value is -11.2. The molecule has 5 aromatic rings. The molecule has 0 radical (unpaired) electrons. The van der Waals surface area contributed by atoms with Crippen molar-refractivity contribution in [2.45, 2.75) is 186 Å². The van der Waals surface area contributed by atoms with Crippen LogP contribution in [-0.4, -0.2) is 192 Å². The summed E-state index contributed by atoms with van der Waals surface area (Å²) in [6.45, 7) is 11.6. The zero-order valence-electron chi connectivity index (χ0n) is 58.7. The highest BCUT2D eigenvalue weighted by Gasteiger charge is 2.38. The number of primary amides is 1. The number of nitrogens with zero attached hydrogens (tertiary/aromatic N) is 1. The van der Waals surface area contributed by atoms with E-state index in [1.54, 1.807) is 102 Å². The van der Waals surface area contributed by atoms with E-state index in [1.165, 1.54) is 26.4 Å². The first-order valence-corrected chi connectivity index (χ1v) is 34.1. The van der Waals surface area contributed by atoms with Gasteiger partial charge >= 0.3 is 11.9 Å². The lowest BCUT2D eigenvalue weighted by atomic mass is 9.98. The van der Waals surface area contributed by atoms with Crippen LogP contribution < -0.4 is 69.5 Å². The van der Waals surface area contributed by atoms with Gasteiger partial charge in [0.15, 0.2) is 0 Å². The Balaban J connectivity index is 1.37. The normalized spacial score (nSPS) is 23.3. The number of para-hydroxylation sites is 2. The third-order valence-corrected chi connectivity index (χ3v) is 17.1. The Morgan fingerprint density at radius 1 is 0.553 bits per heavy atom. The van der Waals surface area contributed by atoms with Crippen molar-refractivity contribution < 1.29 is 82.1 Å². The van der Waals surface area contributed by atoms with Gasteiger partial charge in [-0.2, -0.15) is 0 Å². The van der Waals surface area contributed by atoms with E-state index in [1.807, 2.05) is 0 Å². The van der Waals surface area contributed by atoms with Gasteiger partial charge in [0.2, 0.25) is 76.8 Å². The van der Waals surface area contributed by atoms with E-state index in [-0.39, 0.29) is 69.0 Å². The molecule has 0 bridgehead atoms. The fourth-order valence-corrected chi connectivity index (χ4v) is 11.5. The molecule has 0 saturated carbocycles. The van der Waals surface area contributed by atoms with Crippen LogP contribution in [-0.2, 0) is 91.2 Å². The first-order chi connectivity index (χ1) is 48.8. The number of rotatable bonds is 19. The second-order valence-electron chi connectivity index (χ2n) is 26.9. The number of carboxylic acids is 2. The zero-order chi connectivity index (χ0) is 75.8. The topological polar surface area (TPSA) is 527 Å². The molecule has 19 N–H and O–H groups in total. The van der Waals surface area contributed by atoms with Gasteiger partial charge in [-0.3, -0.25) is 71.9 Å². The van der Waals surface area contributed by atoms with Gasteiger partial charge in [-0.25, -0.2) is 4.98 Å². The van der Waals surface area contributed by atoms with Crippen molar-refractivity contribution >= 4 is 111 Å². The number of nitrogens with two attached hydrogens (primary N) is 1. The molecule has 13 amide bonds. The number of nitrogens with one attached hydrogen (secondary N) is 15.